The zero-order chi connectivity index (χ0) is 20.3. The molecular formula is C21H24ClN3O2S. The minimum atomic E-state index is -3.34. The van der Waals surface area contributed by atoms with Crippen molar-refractivity contribution in [2.75, 3.05) is 19.3 Å². The first kappa shape index (κ1) is 20.6. The van der Waals surface area contributed by atoms with E-state index >= 15 is 0 Å². The number of aryl methyl sites for hydroxylation is 1. The van der Waals surface area contributed by atoms with Crippen molar-refractivity contribution in [2.24, 2.45) is 0 Å². The fourth-order valence-corrected chi connectivity index (χ4v) is 4.57. The second kappa shape index (κ2) is 8.47. The van der Waals surface area contributed by atoms with E-state index in [1.54, 1.807) is 24.3 Å². The van der Waals surface area contributed by atoms with E-state index in [1.807, 2.05) is 60.8 Å². The Morgan fingerprint density at radius 1 is 1.04 bits per heavy atom. The lowest BCUT2D eigenvalue weighted by Gasteiger charge is -2.17. The summed E-state index contributed by atoms with van der Waals surface area (Å²) in [5.41, 5.74) is 4.16. The van der Waals surface area contributed by atoms with Crippen LogP contribution in [0.1, 0.15) is 17.0 Å². The van der Waals surface area contributed by atoms with Crippen molar-refractivity contribution < 1.29 is 8.42 Å². The zero-order valence-electron chi connectivity index (χ0n) is 16.3. The number of rotatable bonds is 7. The molecule has 148 valence electrons. The molecule has 0 spiro atoms. The first-order valence-electron chi connectivity index (χ1n) is 9.05. The summed E-state index contributed by atoms with van der Waals surface area (Å²) in [6, 6.07) is 16.3. The quantitative estimate of drug-likeness (QED) is 0.582. The first-order valence-corrected chi connectivity index (χ1v) is 11.1. The van der Waals surface area contributed by atoms with E-state index in [-0.39, 0.29) is 5.75 Å². The summed E-state index contributed by atoms with van der Waals surface area (Å²) in [7, 11) is -1.42. The van der Waals surface area contributed by atoms with Gasteiger partial charge in [0, 0.05) is 29.4 Å². The standard InChI is InChI=1S/C21H24ClN3O2S/c1-16-21(17(2)25(23-16)19-7-5-4-6-8-19)15-24(3)13-14-28(26,27)20-11-9-18(22)10-12-20/h4-12H,13-15H2,1-3H3. The molecule has 0 fully saturated rings. The molecule has 2 aromatic carbocycles. The van der Waals surface area contributed by atoms with Crippen molar-refractivity contribution in [1.29, 1.82) is 0 Å². The number of halogens is 1. The van der Waals surface area contributed by atoms with Crippen LogP contribution in [-0.4, -0.2) is 42.4 Å². The number of nitrogens with zero attached hydrogens (tertiary/aromatic N) is 3. The second-order valence-electron chi connectivity index (χ2n) is 6.91. The third-order valence-electron chi connectivity index (χ3n) is 4.78. The van der Waals surface area contributed by atoms with Crippen LogP contribution in [0.4, 0.5) is 0 Å². The van der Waals surface area contributed by atoms with Crippen molar-refractivity contribution in [3.8, 4) is 5.69 Å². The Labute approximate surface area is 171 Å². The maximum absolute atomic E-state index is 12.5. The Bertz CT molecular complexity index is 1050. The van der Waals surface area contributed by atoms with Crippen LogP contribution in [-0.2, 0) is 16.4 Å². The highest BCUT2D eigenvalue weighted by Gasteiger charge is 2.18. The summed E-state index contributed by atoms with van der Waals surface area (Å²) >= 11 is 5.84. The summed E-state index contributed by atoms with van der Waals surface area (Å²) in [6.45, 7) is 5.10. The Hall–Kier alpha value is -2.15. The molecule has 0 atom stereocenters. The summed E-state index contributed by atoms with van der Waals surface area (Å²) < 4.78 is 27.0. The lowest BCUT2D eigenvalue weighted by Crippen LogP contribution is -2.26. The van der Waals surface area contributed by atoms with E-state index in [0.717, 1.165) is 22.6 Å². The molecule has 5 nitrogen and oxygen atoms in total. The number of hydrogen-bond donors (Lipinski definition) is 0. The smallest absolute Gasteiger partial charge is 0.179 e. The van der Waals surface area contributed by atoms with Gasteiger partial charge in [0.2, 0.25) is 0 Å². The fourth-order valence-electron chi connectivity index (χ4n) is 3.11. The molecule has 28 heavy (non-hydrogen) atoms. The predicted octanol–water partition coefficient (Wildman–Crippen LogP) is 4.05. The van der Waals surface area contributed by atoms with E-state index in [0.29, 0.717) is 23.0 Å². The van der Waals surface area contributed by atoms with Crippen LogP contribution in [0, 0.1) is 13.8 Å². The lowest BCUT2D eigenvalue weighted by atomic mass is 10.2. The van der Waals surface area contributed by atoms with Crippen molar-refractivity contribution in [3.05, 3.63) is 76.6 Å². The maximum atomic E-state index is 12.5. The third-order valence-corrected chi connectivity index (χ3v) is 6.75. The minimum Gasteiger partial charge on any atom is -0.301 e. The number of hydrogen-bond acceptors (Lipinski definition) is 4. The molecule has 0 saturated carbocycles. The molecule has 0 saturated heterocycles. The average molecular weight is 418 g/mol. The zero-order valence-corrected chi connectivity index (χ0v) is 17.8. The Morgan fingerprint density at radius 2 is 1.68 bits per heavy atom. The van der Waals surface area contributed by atoms with Crippen LogP contribution in [0.15, 0.2) is 59.5 Å². The molecule has 0 aliphatic heterocycles. The second-order valence-corrected chi connectivity index (χ2v) is 9.45. The van der Waals surface area contributed by atoms with Crippen LogP contribution >= 0.6 is 11.6 Å². The van der Waals surface area contributed by atoms with Gasteiger partial charge in [0.15, 0.2) is 9.84 Å². The summed E-state index contributed by atoms with van der Waals surface area (Å²) in [5.74, 6) is 0.0516. The molecule has 0 N–H and O–H groups in total. The van der Waals surface area contributed by atoms with Crippen LogP contribution in [0.5, 0.6) is 0 Å². The highest BCUT2D eigenvalue weighted by molar-refractivity contribution is 7.91. The van der Waals surface area contributed by atoms with Crippen LogP contribution < -0.4 is 0 Å². The molecule has 1 heterocycles. The highest BCUT2D eigenvalue weighted by atomic mass is 35.5. The average Bonchev–Trinajstić information content (AvgIpc) is 2.96. The molecule has 0 radical (unpaired) electrons. The van der Waals surface area contributed by atoms with E-state index in [1.165, 1.54) is 0 Å². The minimum absolute atomic E-state index is 0.0516. The summed E-state index contributed by atoms with van der Waals surface area (Å²) in [6.07, 6.45) is 0. The third kappa shape index (κ3) is 4.63. The Morgan fingerprint density at radius 3 is 2.32 bits per heavy atom. The van der Waals surface area contributed by atoms with Crippen molar-refractivity contribution in [1.82, 2.24) is 14.7 Å². The van der Waals surface area contributed by atoms with Crippen molar-refractivity contribution >= 4 is 21.4 Å². The van der Waals surface area contributed by atoms with E-state index in [2.05, 4.69) is 5.10 Å². The molecule has 7 heteroatoms. The number of sulfone groups is 1. The number of benzene rings is 2. The fraction of sp³-hybridized carbons (Fsp3) is 0.286. The van der Waals surface area contributed by atoms with E-state index in [4.69, 9.17) is 11.6 Å². The molecule has 0 aliphatic carbocycles. The molecule has 0 unspecified atom stereocenters. The molecule has 1 aromatic heterocycles. The monoisotopic (exact) mass is 417 g/mol. The van der Waals surface area contributed by atoms with Crippen LogP contribution in [0.25, 0.3) is 5.69 Å². The predicted molar refractivity (Wildman–Crippen MR) is 113 cm³/mol. The molecule has 0 bridgehead atoms. The van der Waals surface area contributed by atoms with Gasteiger partial charge < -0.3 is 4.90 Å². The maximum Gasteiger partial charge on any atom is 0.179 e. The van der Waals surface area contributed by atoms with E-state index in [9.17, 15) is 8.42 Å². The Balaban J connectivity index is 1.69. The molecule has 3 aromatic rings. The van der Waals surface area contributed by atoms with Gasteiger partial charge >= 0.3 is 0 Å². The van der Waals surface area contributed by atoms with Gasteiger partial charge in [-0.15, -0.1) is 0 Å². The SMILES string of the molecule is Cc1nn(-c2ccccc2)c(C)c1CN(C)CCS(=O)(=O)c1ccc(Cl)cc1. The molecular weight excluding hydrogens is 394 g/mol. The largest absolute Gasteiger partial charge is 0.301 e. The van der Waals surface area contributed by atoms with Gasteiger partial charge in [-0.3, -0.25) is 0 Å². The van der Waals surface area contributed by atoms with Gasteiger partial charge in [0.25, 0.3) is 0 Å². The summed E-state index contributed by atoms with van der Waals surface area (Å²) in [4.78, 5) is 2.31. The van der Waals surface area contributed by atoms with Gasteiger partial charge in [-0.2, -0.15) is 5.10 Å². The highest BCUT2D eigenvalue weighted by Crippen LogP contribution is 2.20. The number of para-hydroxylation sites is 1. The van der Waals surface area contributed by atoms with Gasteiger partial charge in [-0.05, 0) is 57.3 Å². The normalized spacial score (nSPS) is 11.9. The van der Waals surface area contributed by atoms with Gasteiger partial charge in [0.1, 0.15) is 0 Å². The molecule has 0 amide bonds. The van der Waals surface area contributed by atoms with Gasteiger partial charge in [-0.1, -0.05) is 29.8 Å². The van der Waals surface area contributed by atoms with Crippen molar-refractivity contribution in [2.45, 2.75) is 25.3 Å². The number of aromatic nitrogens is 2. The lowest BCUT2D eigenvalue weighted by molar-refractivity contribution is 0.344. The summed E-state index contributed by atoms with van der Waals surface area (Å²) in [5, 5.41) is 5.18. The van der Waals surface area contributed by atoms with Gasteiger partial charge in [0.05, 0.1) is 22.0 Å². The van der Waals surface area contributed by atoms with Crippen LogP contribution in [0.2, 0.25) is 5.02 Å². The van der Waals surface area contributed by atoms with Gasteiger partial charge in [-0.25, -0.2) is 13.1 Å². The Kier molecular flexibility index (Phi) is 6.23. The van der Waals surface area contributed by atoms with Crippen molar-refractivity contribution in [3.63, 3.8) is 0 Å². The first-order chi connectivity index (χ1) is 13.3. The topological polar surface area (TPSA) is 55.2 Å². The molecule has 3 rings (SSSR count). The van der Waals surface area contributed by atoms with Crippen LogP contribution in [0.3, 0.4) is 0 Å². The molecule has 0 aliphatic rings. The van der Waals surface area contributed by atoms with E-state index < -0.39 is 9.84 Å².